The molecule has 1 nitrogen and oxygen atoms in total. The molecule has 0 unspecified atom stereocenters. The van der Waals surface area contributed by atoms with E-state index in [9.17, 15) is 0 Å². The number of aryl methyl sites for hydroxylation is 1. The summed E-state index contributed by atoms with van der Waals surface area (Å²) >= 11 is 0. The highest BCUT2D eigenvalue weighted by molar-refractivity contribution is 5.50. The van der Waals surface area contributed by atoms with Gasteiger partial charge in [-0.3, -0.25) is 0 Å². The summed E-state index contributed by atoms with van der Waals surface area (Å²) in [5.41, 5.74) is 2.40. The van der Waals surface area contributed by atoms with Crippen molar-refractivity contribution in [2.45, 2.75) is 13.3 Å². The highest BCUT2D eigenvalue weighted by Crippen LogP contribution is 2.05. The first kappa shape index (κ1) is 8.55. The third kappa shape index (κ3) is 2.59. The molecule has 0 amide bonds. The van der Waals surface area contributed by atoms with Crippen molar-refractivity contribution in [3.8, 4) is 6.07 Å². The molecule has 0 saturated heterocycles. The van der Waals surface area contributed by atoms with Gasteiger partial charge >= 0.3 is 0 Å². The lowest BCUT2D eigenvalue weighted by atomic mass is 10.1. The number of benzene rings is 1. The first-order chi connectivity index (χ1) is 5.83. The van der Waals surface area contributed by atoms with Crippen LogP contribution < -0.4 is 0 Å². The molecule has 0 fully saturated rings. The minimum atomic E-state index is 0.480. The maximum Gasteiger partial charge on any atom is 0.0663 e. The summed E-state index contributed by atoms with van der Waals surface area (Å²) in [6.45, 7) is 2.06. The molecule has 0 aliphatic heterocycles. The largest absolute Gasteiger partial charge is 0.198 e. The van der Waals surface area contributed by atoms with Crippen LogP contribution in [-0.2, 0) is 0 Å². The molecule has 1 aromatic carbocycles. The Kier molecular flexibility index (Phi) is 3.10. The summed E-state index contributed by atoms with van der Waals surface area (Å²) in [4.78, 5) is 0. The predicted molar refractivity (Wildman–Crippen MR) is 50.4 cm³/mol. The number of rotatable bonds is 2. The second kappa shape index (κ2) is 4.35. The first-order valence-electron chi connectivity index (χ1n) is 3.93. The fourth-order valence-corrected chi connectivity index (χ4v) is 1.02. The van der Waals surface area contributed by atoms with E-state index in [0.29, 0.717) is 6.42 Å². The molecule has 1 heteroatoms. The summed E-state index contributed by atoms with van der Waals surface area (Å²) in [5, 5.41) is 8.30. The lowest BCUT2D eigenvalue weighted by molar-refractivity contribution is 1.36. The molecule has 0 bridgehead atoms. The van der Waals surface area contributed by atoms with E-state index in [1.165, 1.54) is 5.56 Å². The van der Waals surface area contributed by atoms with Crippen LogP contribution in [0, 0.1) is 18.3 Å². The zero-order valence-electron chi connectivity index (χ0n) is 7.12. The van der Waals surface area contributed by atoms with Crippen molar-refractivity contribution < 1.29 is 0 Å². The minimum Gasteiger partial charge on any atom is -0.198 e. The smallest absolute Gasteiger partial charge is 0.0663 e. The van der Waals surface area contributed by atoms with E-state index >= 15 is 0 Å². The number of nitriles is 1. The van der Waals surface area contributed by atoms with Crippen LogP contribution in [0.2, 0.25) is 0 Å². The van der Waals surface area contributed by atoms with Crippen LogP contribution in [0.3, 0.4) is 0 Å². The molecule has 0 spiro atoms. The molecule has 0 aliphatic carbocycles. The van der Waals surface area contributed by atoms with Crippen LogP contribution in [0.5, 0.6) is 0 Å². The van der Waals surface area contributed by atoms with Gasteiger partial charge in [-0.25, -0.2) is 0 Å². The van der Waals surface area contributed by atoms with Crippen LogP contribution in [0.1, 0.15) is 17.5 Å². The van der Waals surface area contributed by atoms with Crippen LogP contribution in [0.4, 0.5) is 0 Å². The van der Waals surface area contributed by atoms with Gasteiger partial charge in [0.25, 0.3) is 0 Å². The van der Waals surface area contributed by atoms with Gasteiger partial charge in [0.2, 0.25) is 0 Å². The Balaban J connectivity index is 2.71. The van der Waals surface area contributed by atoms with E-state index in [1.807, 2.05) is 24.3 Å². The van der Waals surface area contributed by atoms with Gasteiger partial charge in [0.1, 0.15) is 0 Å². The summed E-state index contributed by atoms with van der Waals surface area (Å²) in [6, 6.07) is 10.3. The van der Waals surface area contributed by atoms with Gasteiger partial charge in [-0.05, 0) is 12.5 Å². The lowest BCUT2D eigenvalue weighted by Gasteiger charge is -1.93. The van der Waals surface area contributed by atoms with E-state index < -0.39 is 0 Å². The molecule has 0 saturated carbocycles. The Hall–Kier alpha value is -1.55. The second-order valence-corrected chi connectivity index (χ2v) is 2.68. The third-order valence-corrected chi connectivity index (χ3v) is 1.56. The Morgan fingerprint density at radius 3 is 3.00 bits per heavy atom. The normalized spacial score (nSPS) is 10.0. The van der Waals surface area contributed by atoms with Crippen molar-refractivity contribution in [3.63, 3.8) is 0 Å². The van der Waals surface area contributed by atoms with Crippen molar-refractivity contribution >= 4 is 6.08 Å². The number of allylic oxidation sites excluding steroid dienone is 1. The standard InChI is InChI=1S/C11H11N/c1-10-5-4-7-11(9-10)6-2-3-8-12/h2,4-7,9H,3H2,1H3/b6-2+. The maximum atomic E-state index is 8.30. The molecule has 0 radical (unpaired) electrons. The zero-order valence-corrected chi connectivity index (χ0v) is 7.12. The lowest BCUT2D eigenvalue weighted by Crippen LogP contribution is -1.73. The van der Waals surface area contributed by atoms with Gasteiger partial charge in [-0.15, -0.1) is 0 Å². The Morgan fingerprint density at radius 1 is 1.50 bits per heavy atom. The van der Waals surface area contributed by atoms with Crippen molar-refractivity contribution in [1.29, 1.82) is 5.26 Å². The SMILES string of the molecule is Cc1cccc(/C=C/CC#N)c1. The average molecular weight is 157 g/mol. The van der Waals surface area contributed by atoms with Gasteiger partial charge in [0, 0.05) is 0 Å². The van der Waals surface area contributed by atoms with Gasteiger partial charge in [-0.2, -0.15) is 5.26 Å². The predicted octanol–water partition coefficient (Wildman–Crippen LogP) is 2.92. The maximum absolute atomic E-state index is 8.30. The van der Waals surface area contributed by atoms with Crippen molar-refractivity contribution in [2.75, 3.05) is 0 Å². The molecular weight excluding hydrogens is 146 g/mol. The van der Waals surface area contributed by atoms with E-state index in [-0.39, 0.29) is 0 Å². The first-order valence-corrected chi connectivity index (χ1v) is 3.93. The molecule has 0 heterocycles. The van der Waals surface area contributed by atoms with Crippen molar-refractivity contribution in [3.05, 3.63) is 41.5 Å². The van der Waals surface area contributed by atoms with Crippen LogP contribution in [0.25, 0.3) is 6.08 Å². The molecule has 0 atom stereocenters. The molecule has 1 rings (SSSR count). The topological polar surface area (TPSA) is 23.8 Å². The van der Waals surface area contributed by atoms with Gasteiger partial charge in [0.15, 0.2) is 0 Å². The van der Waals surface area contributed by atoms with Crippen molar-refractivity contribution in [2.24, 2.45) is 0 Å². The third-order valence-electron chi connectivity index (χ3n) is 1.56. The van der Waals surface area contributed by atoms with E-state index in [2.05, 4.69) is 25.1 Å². The van der Waals surface area contributed by atoms with Crippen molar-refractivity contribution in [1.82, 2.24) is 0 Å². The van der Waals surface area contributed by atoms with Gasteiger partial charge in [-0.1, -0.05) is 42.0 Å². The molecule has 12 heavy (non-hydrogen) atoms. The molecule has 1 aromatic rings. The Morgan fingerprint density at radius 2 is 2.33 bits per heavy atom. The Labute approximate surface area is 73.0 Å². The molecular formula is C11H11N. The van der Waals surface area contributed by atoms with Crippen LogP contribution in [-0.4, -0.2) is 0 Å². The fourth-order valence-electron chi connectivity index (χ4n) is 1.02. The summed E-state index contributed by atoms with van der Waals surface area (Å²) in [7, 11) is 0. The van der Waals surface area contributed by atoms with Gasteiger partial charge < -0.3 is 0 Å². The summed E-state index contributed by atoms with van der Waals surface area (Å²) < 4.78 is 0. The second-order valence-electron chi connectivity index (χ2n) is 2.68. The van der Waals surface area contributed by atoms with Crippen LogP contribution in [0.15, 0.2) is 30.3 Å². The monoisotopic (exact) mass is 157 g/mol. The summed E-state index contributed by atoms with van der Waals surface area (Å²) in [6.07, 6.45) is 4.32. The summed E-state index contributed by atoms with van der Waals surface area (Å²) in [5.74, 6) is 0. The molecule has 60 valence electrons. The molecule has 0 N–H and O–H groups in total. The van der Waals surface area contributed by atoms with E-state index in [1.54, 1.807) is 0 Å². The average Bonchev–Trinajstić information content (AvgIpc) is 2.05. The highest BCUT2D eigenvalue weighted by atomic mass is 14.2. The van der Waals surface area contributed by atoms with E-state index in [0.717, 1.165) is 5.56 Å². The number of hydrogen-bond donors (Lipinski definition) is 0. The van der Waals surface area contributed by atoms with E-state index in [4.69, 9.17) is 5.26 Å². The fraction of sp³-hybridized carbons (Fsp3) is 0.182. The van der Waals surface area contributed by atoms with Crippen LogP contribution >= 0.6 is 0 Å². The molecule has 0 aliphatic rings. The van der Waals surface area contributed by atoms with Gasteiger partial charge in [0.05, 0.1) is 12.5 Å². The number of hydrogen-bond acceptors (Lipinski definition) is 1. The Bertz CT molecular complexity index is 318. The highest BCUT2D eigenvalue weighted by Gasteiger charge is 1.85. The molecule has 0 aromatic heterocycles. The quantitative estimate of drug-likeness (QED) is 0.647. The minimum absolute atomic E-state index is 0.480. The zero-order chi connectivity index (χ0) is 8.81. The number of nitrogens with zero attached hydrogens (tertiary/aromatic N) is 1.